The molecule has 1 aromatic carbocycles. The van der Waals surface area contributed by atoms with Crippen LogP contribution >= 0.6 is 11.6 Å². The molecule has 0 saturated heterocycles. The lowest BCUT2D eigenvalue weighted by atomic mass is 9.84. The third kappa shape index (κ3) is 1.95. The van der Waals surface area contributed by atoms with Crippen LogP contribution in [-0.4, -0.2) is 15.6 Å². The van der Waals surface area contributed by atoms with E-state index in [-0.39, 0.29) is 11.5 Å². The molecule has 20 heavy (non-hydrogen) atoms. The molecule has 0 spiro atoms. The van der Waals surface area contributed by atoms with Crippen molar-refractivity contribution in [3.8, 4) is 0 Å². The summed E-state index contributed by atoms with van der Waals surface area (Å²) in [6, 6.07) is 6.45. The fourth-order valence-electron chi connectivity index (χ4n) is 3.46. The number of imidazole rings is 1. The maximum atomic E-state index is 6.39. The molecule has 3 rings (SSSR count). The van der Waals surface area contributed by atoms with Crippen molar-refractivity contribution in [1.29, 1.82) is 0 Å². The van der Waals surface area contributed by atoms with E-state index in [1.165, 1.54) is 6.42 Å². The van der Waals surface area contributed by atoms with Gasteiger partial charge in [-0.1, -0.05) is 24.9 Å². The van der Waals surface area contributed by atoms with Crippen LogP contribution in [0, 0.1) is 0 Å². The van der Waals surface area contributed by atoms with Gasteiger partial charge in [-0.15, -0.1) is 0 Å². The maximum Gasteiger partial charge on any atom is 0.117 e. The van der Waals surface area contributed by atoms with Crippen LogP contribution in [0.25, 0.3) is 11.0 Å². The molecule has 1 heterocycles. The van der Waals surface area contributed by atoms with Gasteiger partial charge < -0.3 is 10.3 Å². The van der Waals surface area contributed by atoms with Crippen molar-refractivity contribution in [3.05, 3.63) is 29.0 Å². The van der Waals surface area contributed by atoms with E-state index in [4.69, 9.17) is 22.3 Å². The van der Waals surface area contributed by atoms with Crippen molar-refractivity contribution >= 4 is 22.6 Å². The van der Waals surface area contributed by atoms with Crippen LogP contribution in [0.2, 0.25) is 5.02 Å². The van der Waals surface area contributed by atoms with Crippen LogP contribution in [0.4, 0.5) is 0 Å². The summed E-state index contributed by atoms with van der Waals surface area (Å²) >= 11 is 6.16. The normalized spacial score (nSPS) is 26.8. The van der Waals surface area contributed by atoms with Gasteiger partial charge in [-0.2, -0.15) is 0 Å². The molecule has 2 N–H and O–H groups in total. The molecule has 0 amide bonds. The van der Waals surface area contributed by atoms with Gasteiger partial charge in [-0.05, 0) is 44.9 Å². The molecule has 2 atom stereocenters. The summed E-state index contributed by atoms with van der Waals surface area (Å²) in [5, 5.41) is 0.756. The number of fused-ring (bicyclic) bond motifs is 1. The average molecular weight is 292 g/mol. The lowest BCUT2D eigenvalue weighted by molar-refractivity contribution is 0.378. The van der Waals surface area contributed by atoms with Gasteiger partial charge in [-0.3, -0.25) is 0 Å². The molecule has 1 fully saturated rings. The molecule has 108 valence electrons. The summed E-state index contributed by atoms with van der Waals surface area (Å²) in [5.41, 5.74) is 8.48. The Morgan fingerprint density at radius 2 is 2.20 bits per heavy atom. The number of rotatable bonds is 2. The Hall–Kier alpha value is -1.06. The van der Waals surface area contributed by atoms with Gasteiger partial charge in [0, 0.05) is 22.5 Å². The summed E-state index contributed by atoms with van der Waals surface area (Å²) in [6.07, 6.45) is 3.37. The third-order valence-corrected chi connectivity index (χ3v) is 4.94. The summed E-state index contributed by atoms with van der Waals surface area (Å²) in [7, 11) is 0. The zero-order chi connectivity index (χ0) is 14.5. The van der Waals surface area contributed by atoms with Crippen molar-refractivity contribution in [2.24, 2.45) is 5.73 Å². The number of benzene rings is 1. The van der Waals surface area contributed by atoms with Crippen LogP contribution in [0.15, 0.2) is 18.2 Å². The third-order valence-electron chi connectivity index (χ3n) is 4.71. The largest absolute Gasteiger partial charge is 0.327 e. The summed E-state index contributed by atoms with van der Waals surface area (Å²) in [5.74, 6) is 1.12. The summed E-state index contributed by atoms with van der Waals surface area (Å²) in [6.45, 7) is 6.64. The number of aromatic nitrogens is 2. The van der Waals surface area contributed by atoms with E-state index in [0.29, 0.717) is 6.04 Å². The van der Waals surface area contributed by atoms with Crippen molar-refractivity contribution in [2.45, 2.75) is 57.5 Å². The highest BCUT2D eigenvalue weighted by Crippen LogP contribution is 2.41. The van der Waals surface area contributed by atoms with Gasteiger partial charge in [-0.25, -0.2) is 4.98 Å². The average Bonchev–Trinajstić information content (AvgIpc) is 2.91. The van der Waals surface area contributed by atoms with E-state index < -0.39 is 0 Å². The van der Waals surface area contributed by atoms with Crippen LogP contribution in [0.3, 0.4) is 0 Å². The smallest absolute Gasteiger partial charge is 0.117 e. The fourth-order valence-corrected chi connectivity index (χ4v) is 3.63. The summed E-state index contributed by atoms with van der Waals surface area (Å²) < 4.78 is 2.31. The standard InChI is InChI=1S/C16H22ClN3/c1-10(2)20-13-9-11(17)6-7-12(13)19-15(20)16(3)8-4-5-14(16)18/h6-7,9-10,14H,4-5,8,18H2,1-3H3. The molecule has 1 saturated carbocycles. The second-order valence-electron chi connectivity index (χ2n) is 6.45. The fraction of sp³-hybridized carbons (Fsp3) is 0.562. The Labute approximate surface area is 125 Å². The number of hydrogen-bond donors (Lipinski definition) is 1. The van der Waals surface area contributed by atoms with Crippen molar-refractivity contribution in [3.63, 3.8) is 0 Å². The Morgan fingerprint density at radius 3 is 2.80 bits per heavy atom. The first kappa shape index (κ1) is 13.9. The van der Waals surface area contributed by atoms with E-state index in [1.807, 2.05) is 18.2 Å². The van der Waals surface area contributed by atoms with Gasteiger partial charge in [0.1, 0.15) is 5.82 Å². The lowest BCUT2D eigenvalue weighted by Crippen LogP contribution is -2.40. The Bertz CT molecular complexity index is 646. The van der Waals surface area contributed by atoms with Crippen LogP contribution < -0.4 is 5.73 Å². The molecule has 1 aromatic heterocycles. The minimum absolute atomic E-state index is 0.0320. The van der Waals surface area contributed by atoms with E-state index in [9.17, 15) is 0 Å². The molecule has 2 aromatic rings. The molecular formula is C16H22ClN3. The molecular weight excluding hydrogens is 270 g/mol. The van der Waals surface area contributed by atoms with Crippen molar-refractivity contribution in [2.75, 3.05) is 0 Å². The first-order chi connectivity index (χ1) is 9.43. The molecule has 3 nitrogen and oxygen atoms in total. The van der Waals surface area contributed by atoms with Gasteiger partial charge in [0.25, 0.3) is 0 Å². The second-order valence-corrected chi connectivity index (χ2v) is 6.88. The minimum atomic E-state index is -0.0320. The van der Waals surface area contributed by atoms with Crippen LogP contribution in [-0.2, 0) is 5.41 Å². The highest BCUT2D eigenvalue weighted by molar-refractivity contribution is 6.31. The predicted octanol–water partition coefficient (Wildman–Crippen LogP) is 4.04. The van der Waals surface area contributed by atoms with Gasteiger partial charge >= 0.3 is 0 Å². The second kappa shape index (κ2) is 4.74. The highest BCUT2D eigenvalue weighted by atomic mass is 35.5. The molecule has 1 aliphatic carbocycles. The molecule has 0 aliphatic heterocycles. The van der Waals surface area contributed by atoms with Gasteiger partial charge in [0.2, 0.25) is 0 Å². The van der Waals surface area contributed by atoms with Crippen molar-refractivity contribution in [1.82, 2.24) is 9.55 Å². The quantitative estimate of drug-likeness (QED) is 0.907. The number of halogens is 1. The first-order valence-corrected chi connectivity index (χ1v) is 7.75. The summed E-state index contributed by atoms with van der Waals surface area (Å²) in [4.78, 5) is 4.90. The van der Waals surface area contributed by atoms with E-state index in [2.05, 4.69) is 25.3 Å². The van der Waals surface area contributed by atoms with Crippen LogP contribution in [0.1, 0.15) is 51.9 Å². The molecule has 1 aliphatic rings. The van der Waals surface area contributed by atoms with Crippen LogP contribution in [0.5, 0.6) is 0 Å². The SMILES string of the molecule is CC(C)n1c(C2(C)CCCC2N)nc2ccc(Cl)cc21. The molecule has 0 radical (unpaired) electrons. The predicted molar refractivity (Wildman–Crippen MR) is 84.3 cm³/mol. The van der Waals surface area contributed by atoms with Gasteiger partial charge in [0.15, 0.2) is 0 Å². The topological polar surface area (TPSA) is 43.8 Å². The number of nitrogens with zero attached hydrogens (tertiary/aromatic N) is 2. The van der Waals surface area contributed by atoms with E-state index in [0.717, 1.165) is 34.7 Å². The Kier molecular flexibility index (Phi) is 3.30. The Balaban J connectivity index is 2.27. The molecule has 0 bridgehead atoms. The highest BCUT2D eigenvalue weighted by Gasteiger charge is 2.42. The number of hydrogen-bond acceptors (Lipinski definition) is 2. The van der Waals surface area contributed by atoms with E-state index >= 15 is 0 Å². The van der Waals surface area contributed by atoms with Gasteiger partial charge in [0.05, 0.1) is 11.0 Å². The molecule has 4 heteroatoms. The Morgan fingerprint density at radius 1 is 1.45 bits per heavy atom. The first-order valence-electron chi connectivity index (χ1n) is 7.37. The monoisotopic (exact) mass is 291 g/mol. The van der Waals surface area contributed by atoms with Crippen molar-refractivity contribution < 1.29 is 0 Å². The maximum absolute atomic E-state index is 6.39. The van der Waals surface area contributed by atoms with E-state index in [1.54, 1.807) is 0 Å². The number of nitrogens with two attached hydrogens (primary N) is 1. The zero-order valence-electron chi connectivity index (χ0n) is 12.4. The lowest BCUT2D eigenvalue weighted by Gasteiger charge is -2.30. The minimum Gasteiger partial charge on any atom is -0.327 e. The zero-order valence-corrected chi connectivity index (χ0v) is 13.1. The molecule has 2 unspecified atom stereocenters.